The Morgan fingerprint density at radius 1 is 0.930 bits per heavy atom. The van der Waals surface area contributed by atoms with Gasteiger partial charge in [-0.2, -0.15) is 11.8 Å². The molecule has 13 nitrogen and oxygen atoms in total. The second-order valence-electron chi connectivity index (χ2n) is 10.3. The van der Waals surface area contributed by atoms with Crippen LogP contribution in [0.3, 0.4) is 0 Å². The van der Waals surface area contributed by atoms with Crippen LogP contribution in [0.15, 0.2) is 18.2 Å². The zero-order chi connectivity index (χ0) is 30.7. The Morgan fingerprint density at radius 3 is 2.28 bits per heavy atom. The van der Waals surface area contributed by atoms with Gasteiger partial charge in [0.1, 0.15) is 5.75 Å². The number of ether oxygens (including phenoxy) is 4. The van der Waals surface area contributed by atoms with E-state index >= 15 is 0 Å². The van der Waals surface area contributed by atoms with E-state index < -0.39 is 0 Å². The summed E-state index contributed by atoms with van der Waals surface area (Å²) in [5.74, 6) is 1.19. The quantitative estimate of drug-likeness (QED) is 0.0516. The van der Waals surface area contributed by atoms with Crippen molar-refractivity contribution in [1.82, 2.24) is 21.3 Å². The lowest BCUT2D eigenvalue weighted by Crippen LogP contribution is -2.36. The molecular weight excluding hydrogens is 578 g/mol. The number of carbonyl (C=O) groups excluding carboxylic acids is 4. The van der Waals surface area contributed by atoms with Crippen molar-refractivity contribution in [2.24, 2.45) is 0 Å². The van der Waals surface area contributed by atoms with Gasteiger partial charge in [-0.05, 0) is 37.8 Å². The molecule has 6 N–H and O–H groups in total. The molecule has 14 heteroatoms. The van der Waals surface area contributed by atoms with E-state index in [0.717, 1.165) is 31.4 Å². The van der Waals surface area contributed by atoms with Crippen LogP contribution in [-0.2, 0) is 23.8 Å². The minimum absolute atomic E-state index is 0.0628. The standard InChI is InChI=1S/C29H45N5O8S/c30-23-17-22(8-7-21(23)18-35)42-19-27(37)32-10-4-12-40-14-16-41-15-13-39-11-3-9-31-26(36)6-2-1-5-25-28-24(20-43-25)33-29(38)34-28/h7-8,17-18,24-25,28H,1-6,9-16,19-20,30H2,(H,31,36)(H,32,37)(H2,33,34,38). The van der Waals surface area contributed by atoms with Crippen molar-refractivity contribution in [2.75, 3.05) is 70.8 Å². The minimum Gasteiger partial charge on any atom is -0.484 e. The van der Waals surface area contributed by atoms with Gasteiger partial charge in [0.05, 0.1) is 38.5 Å². The van der Waals surface area contributed by atoms with Crippen molar-refractivity contribution in [3.63, 3.8) is 0 Å². The topological polar surface area (TPSA) is 179 Å². The molecule has 0 aliphatic carbocycles. The molecule has 0 radical (unpaired) electrons. The number of hydrogen-bond donors (Lipinski definition) is 5. The lowest BCUT2D eigenvalue weighted by Gasteiger charge is -2.16. The maximum Gasteiger partial charge on any atom is 0.315 e. The van der Waals surface area contributed by atoms with Crippen LogP contribution < -0.4 is 31.7 Å². The van der Waals surface area contributed by atoms with Gasteiger partial charge in [0.15, 0.2) is 12.9 Å². The summed E-state index contributed by atoms with van der Waals surface area (Å²) in [6.07, 6.45) is 5.43. The third-order valence-electron chi connectivity index (χ3n) is 6.96. The molecule has 3 atom stereocenters. The molecule has 43 heavy (non-hydrogen) atoms. The van der Waals surface area contributed by atoms with E-state index in [1.54, 1.807) is 12.1 Å². The van der Waals surface area contributed by atoms with Gasteiger partial charge in [-0.15, -0.1) is 0 Å². The van der Waals surface area contributed by atoms with E-state index in [0.29, 0.717) is 94.1 Å². The molecule has 2 saturated heterocycles. The molecule has 2 aliphatic heterocycles. The average molecular weight is 624 g/mol. The molecule has 3 rings (SSSR count). The molecule has 0 aromatic heterocycles. The van der Waals surface area contributed by atoms with Gasteiger partial charge in [0, 0.05) is 61.0 Å². The summed E-state index contributed by atoms with van der Waals surface area (Å²) < 4.78 is 21.9. The van der Waals surface area contributed by atoms with Gasteiger partial charge < -0.3 is 45.9 Å². The minimum atomic E-state index is -0.257. The van der Waals surface area contributed by atoms with Gasteiger partial charge in [0.25, 0.3) is 5.91 Å². The number of carbonyl (C=O) groups is 4. The maximum atomic E-state index is 12.0. The van der Waals surface area contributed by atoms with Gasteiger partial charge in [0.2, 0.25) is 5.91 Å². The Bertz CT molecular complexity index is 1030. The third-order valence-corrected chi connectivity index (χ3v) is 8.46. The number of thioether (sulfide) groups is 1. The Labute approximate surface area is 257 Å². The van der Waals surface area contributed by atoms with Crippen molar-refractivity contribution >= 4 is 41.6 Å². The molecule has 4 amide bonds. The zero-order valence-corrected chi connectivity index (χ0v) is 25.4. The number of fused-ring (bicyclic) bond motifs is 1. The van der Waals surface area contributed by atoms with Crippen LogP contribution in [0.2, 0.25) is 0 Å². The lowest BCUT2D eigenvalue weighted by atomic mass is 10.0. The number of unbranched alkanes of at least 4 members (excludes halogenated alkanes) is 1. The summed E-state index contributed by atoms with van der Waals surface area (Å²) in [5, 5.41) is 12.1. The predicted octanol–water partition coefficient (Wildman–Crippen LogP) is 1.25. The van der Waals surface area contributed by atoms with E-state index in [9.17, 15) is 19.2 Å². The number of urea groups is 1. The second-order valence-corrected chi connectivity index (χ2v) is 11.6. The smallest absolute Gasteiger partial charge is 0.315 e. The first-order chi connectivity index (χ1) is 21.0. The SMILES string of the molecule is Nc1cc(OCC(=O)NCCCOCCOCCOCCCNC(=O)CCCCC2SCC3NC(=O)NC32)ccc1C=O. The molecular formula is C29H45N5O8S. The summed E-state index contributed by atoms with van der Waals surface area (Å²) in [4.78, 5) is 46.1. The Hall–Kier alpha value is -3.07. The van der Waals surface area contributed by atoms with Gasteiger partial charge in [-0.3, -0.25) is 14.4 Å². The van der Waals surface area contributed by atoms with Crippen molar-refractivity contribution in [3.05, 3.63) is 23.8 Å². The fraction of sp³-hybridized carbons (Fsp3) is 0.655. The summed E-state index contributed by atoms with van der Waals surface area (Å²) in [5.41, 5.74) is 6.40. The van der Waals surface area contributed by atoms with Gasteiger partial charge in [-0.25, -0.2) is 4.79 Å². The van der Waals surface area contributed by atoms with Crippen molar-refractivity contribution < 1.29 is 38.1 Å². The van der Waals surface area contributed by atoms with E-state index in [1.165, 1.54) is 6.07 Å². The highest BCUT2D eigenvalue weighted by molar-refractivity contribution is 8.00. The number of nitrogens with one attached hydrogen (secondary N) is 4. The summed E-state index contributed by atoms with van der Waals surface area (Å²) in [6.45, 7) is 3.81. The van der Waals surface area contributed by atoms with E-state index in [4.69, 9.17) is 24.7 Å². The molecule has 240 valence electrons. The largest absolute Gasteiger partial charge is 0.484 e. The average Bonchev–Trinajstić information content (AvgIpc) is 3.55. The second kappa shape index (κ2) is 20.0. The number of anilines is 1. The molecule has 0 bridgehead atoms. The van der Waals surface area contributed by atoms with Crippen LogP contribution >= 0.6 is 11.8 Å². The first-order valence-corrected chi connectivity index (χ1v) is 15.9. The number of rotatable bonds is 23. The molecule has 2 aliphatic rings. The Balaban J connectivity index is 1.01. The number of hydrogen-bond acceptors (Lipinski definition) is 10. The summed E-state index contributed by atoms with van der Waals surface area (Å²) in [7, 11) is 0. The van der Waals surface area contributed by atoms with Crippen molar-refractivity contribution in [3.8, 4) is 5.75 Å². The van der Waals surface area contributed by atoms with Crippen molar-refractivity contribution in [1.29, 1.82) is 0 Å². The molecule has 2 fully saturated rings. The van der Waals surface area contributed by atoms with Crippen LogP contribution in [0.5, 0.6) is 5.75 Å². The fourth-order valence-corrected chi connectivity index (χ4v) is 6.20. The molecule has 0 saturated carbocycles. The van der Waals surface area contributed by atoms with Crippen LogP contribution in [0.1, 0.15) is 48.9 Å². The van der Waals surface area contributed by atoms with Gasteiger partial charge >= 0.3 is 6.03 Å². The molecule has 0 spiro atoms. The third kappa shape index (κ3) is 13.4. The first-order valence-electron chi connectivity index (χ1n) is 14.9. The lowest BCUT2D eigenvalue weighted by molar-refractivity contribution is -0.123. The van der Waals surface area contributed by atoms with Crippen LogP contribution in [0.25, 0.3) is 0 Å². The summed E-state index contributed by atoms with van der Waals surface area (Å²) >= 11 is 1.90. The highest BCUT2D eigenvalue weighted by atomic mass is 32.2. The fourth-order valence-electron chi connectivity index (χ4n) is 4.66. The first kappa shape index (κ1) is 34.4. The Morgan fingerprint density at radius 2 is 1.60 bits per heavy atom. The van der Waals surface area contributed by atoms with E-state index in [-0.39, 0.29) is 36.5 Å². The number of nitrogen functional groups attached to an aromatic ring is 1. The maximum absolute atomic E-state index is 12.0. The Kier molecular flexibility index (Phi) is 16.0. The molecule has 1 aromatic rings. The van der Waals surface area contributed by atoms with Crippen LogP contribution in [0, 0.1) is 0 Å². The summed E-state index contributed by atoms with van der Waals surface area (Å²) in [6, 6.07) is 5.04. The number of benzene rings is 1. The molecule has 2 heterocycles. The number of nitrogens with two attached hydrogens (primary N) is 1. The van der Waals surface area contributed by atoms with Gasteiger partial charge in [-0.1, -0.05) is 6.42 Å². The van der Waals surface area contributed by atoms with E-state index in [1.807, 2.05) is 11.8 Å². The highest BCUT2D eigenvalue weighted by Gasteiger charge is 2.42. The monoisotopic (exact) mass is 623 g/mol. The van der Waals surface area contributed by atoms with E-state index in [2.05, 4.69) is 21.3 Å². The highest BCUT2D eigenvalue weighted by Crippen LogP contribution is 2.33. The number of aldehydes is 1. The van der Waals surface area contributed by atoms with Crippen LogP contribution in [0.4, 0.5) is 10.5 Å². The molecule has 1 aromatic carbocycles. The zero-order valence-electron chi connectivity index (χ0n) is 24.6. The molecule has 3 unspecified atom stereocenters. The van der Waals surface area contributed by atoms with Crippen LogP contribution in [-0.4, -0.2) is 107 Å². The van der Waals surface area contributed by atoms with Crippen molar-refractivity contribution in [2.45, 2.75) is 55.9 Å². The predicted molar refractivity (Wildman–Crippen MR) is 163 cm³/mol. The normalized spacial score (nSPS) is 18.9. The number of amides is 4.